The Hall–Kier alpha value is -3.89. The molecular formula is C23H25FN8O2. The zero-order valence-corrected chi connectivity index (χ0v) is 19.0. The van der Waals surface area contributed by atoms with Crippen molar-refractivity contribution in [3.8, 4) is 0 Å². The van der Waals surface area contributed by atoms with Gasteiger partial charge in [-0.3, -0.25) is 14.3 Å². The second kappa shape index (κ2) is 8.81. The van der Waals surface area contributed by atoms with Gasteiger partial charge in [0.2, 0.25) is 17.8 Å². The number of carbonyl (C=O) groups is 2. The monoisotopic (exact) mass is 464 g/mol. The molecule has 0 radical (unpaired) electrons. The highest BCUT2D eigenvalue weighted by Crippen LogP contribution is 2.32. The van der Waals surface area contributed by atoms with Crippen LogP contribution < -0.4 is 15.5 Å². The van der Waals surface area contributed by atoms with Crippen LogP contribution in [0, 0.1) is 5.95 Å². The van der Waals surface area contributed by atoms with Crippen LogP contribution in [0.3, 0.4) is 0 Å². The van der Waals surface area contributed by atoms with Crippen LogP contribution in [0.5, 0.6) is 0 Å². The van der Waals surface area contributed by atoms with E-state index < -0.39 is 12.0 Å². The molecule has 3 aromatic heterocycles. The first-order valence-electron chi connectivity index (χ1n) is 11.3. The Morgan fingerprint density at radius 2 is 2.06 bits per heavy atom. The molecule has 5 rings (SSSR count). The van der Waals surface area contributed by atoms with Gasteiger partial charge in [-0.25, -0.2) is 9.97 Å². The third-order valence-corrected chi connectivity index (χ3v) is 6.01. The van der Waals surface area contributed by atoms with Gasteiger partial charge in [0.05, 0.1) is 17.6 Å². The number of hydrogen-bond acceptors (Lipinski definition) is 8. The number of anilines is 4. The number of halogens is 1. The van der Waals surface area contributed by atoms with Crippen LogP contribution >= 0.6 is 0 Å². The third kappa shape index (κ3) is 4.33. The van der Waals surface area contributed by atoms with Crippen molar-refractivity contribution in [1.29, 1.82) is 0 Å². The van der Waals surface area contributed by atoms with Gasteiger partial charge in [0, 0.05) is 43.3 Å². The summed E-state index contributed by atoms with van der Waals surface area (Å²) in [6, 6.07) is 4.24. The number of fused-ring (bicyclic) bond motifs is 1. The number of aromatic nitrogens is 5. The van der Waals surface area contributed by atoms with Crippen molar-refractivity contribution >= 4 is 35.0 Å². The largest absolute Gasteiger partial charge is 0.329 e. The first-order chi connectivity index (χ1) is 16.4. The first-order valence-corrected chi connectivity index (χ1v) is 11.3. The van der Waals surface area contributed by atoms with E-state index in [-0.39, 0.29) is 30.6 Å². The molecule has 34 heavy (non-hydrogen) atoms. The van der Waals surface area contributed by atoms with Gasteiger partial charge in [-0.1, -0.05) is 0 Å². The number of pyridine rings is 1. The topological polar surface area (TPSA) is 118 Å². The minimum atomic E-state index is -0.611. The summed E-state index contributed by atoms with van der Waals surface area (Å²) >= 11 is 0. The van der Waals surface area contributed by atoms with Crippen LogP contribution in [0.4, 0.5) is 27.7 Å². The molecule has 4 heterocycles. The van der Waals surface area contributed by atoms with E-state index in [1.807, 2.05) is 35.7 Å². The maximum atomic E-state index is 13.1. The molecule has 1 fully saturated rings. The van der Waals surface area contributed by atoms with Crippen molar-refractivity contribution in [1.82, 2.24) is 24.7 Å². The molecular weight excluding hydrogens is 439 g/mol. The molecule has 1 saturated heterocycles. The summed E-state index contributed by atoms with van der Waals surface area (Å²) < 4.78 is 14.9. The molecule has 0 aromatic carbocycles. The van der Waals surface area contributed by atoms with Gasteiger partial charge in [0.25, 0.3) is 0 Å². The van der Waals surface area contributed by atoms with Gasteiger partial charge in [-0.2, -0.15) is 14.5 Å². The summed E-state index contributed by atoms with van der Waals surface area (Å²) in [5.74, 6) is 0.787. The Morgan fingerprint density at radius 3 is 2.79 bits per heavy atom. The van der Waals surface area contributed by atoms with Crippen molar-refractivity contribution in [2.45, 2.75) is 51.6 Å². The molecule has 1 aliphatic heterocycles. The maximum absolute atomic E-state index is 13.1. The molecule has 1 amide bonds. The van der Waals surface area contributed by atoms with Crippen LogP contribution in [-0.4, -0.2) is 49.0 Å². The SMILES string of the molecule is CC(C)n1ccc(Nc2nc(N3CCC[C@H]3C(=O)Nc3ccc(F)nc3)nc3c2CC(=O)C3)n1. The molecule has 1 atom stereocenters. The van der Waals surface area contributed by atoms with E-state index in [4.69, 9.17) is 4.98 Å². The number of ketones is 1. The van der Waals surface area contributed by atoms with Crippen LogP contribution in [0.1, 0.15) is 44.0 Å². The van der Waals surface area contributed by atoms with Gasteiger partial charge in [-0.15, -0.1) is 0 Å². The van der Waals surface area contributed by atoms with Gasteiger partial charge >= 0.3 is 0 Å². The summed E-state index contributed by atoms with van der Waals surface area (Å²) in [6.45, 7) is 4.68. The van der Waals surface area contributed by atoms with Crippen LogP contribution in [-0.2, 0) is 22.4 Å². The Labute approximate surface area is 195 Å². The van der Waals surface area contributed by atoms with Crippen LogP contribution in [0.15, 0.2) is 30.6 Å². The highest BCUT2D eigenvalue weighted by atomic mass is 19.1. The predicted octanol–water partition coefficient (Wildman–Crippen LogP) is 2.81. The zero-order chi connectivity index (χ0) is 23.8. The van der Waals surface area contributed by atoms with Gasteiger partial charge < -0.3 is 15.5 Å². The lowest BCUT2D eigenvalue weighted by Gasteiger charge is -2.25. The third-order valence-electron chi connectivity index (χ3n) is 6.01. The second-order valence-electron chi connectivity index (χ2n) is 8.80. The predicted molar refractivity (Wildman–Crippen MR) is 124 cm³/mol. The van der Waals surface area contributed by atoms with Gasteiger partial charge in [0.15, 0.2) is 5.82 Å². The van der Waals surface area contributed by atoms with E-state index in [2.05, 4.69) is 25.7 Å². The number of rotatable bonds is 6. The Bertz CT molecular complexity index is 1240. The van der Waals surface area contributed by atoms with E-state index in [1.54, 1.807) is 0 Å². The van der Waals surface area contributed by atoms with Crippen LogP contribution in [0.25, 0.3) is 0 Å². The minimum absolute atomic E-state index is 0.0803. The van der Waals surface area contributed by atoms with E-state index in [1.165, 1.54) is 18.3 Å². The minimum Gasteiger partial charge on any atom is -0.329 e. The lowest BCUT2D eigenvalue weighted by molar-refractivity contribution is -0.118. The number of nitrogens with zero attached hydrogens (tertiary/aromatic N) is 6. The summed E-state index contributed by atoms with van der Waals surface area (Å²) in [5, 5.41) is 10.6. The first kappa shape index (κ1) is 21.9. The quantitative estimate of drug-likeness (QED) is 0.535. The van der Waals surface area contributed by atoms with Crippen LogP contribution in [0.2, 0.25) is 0 Å². The van der Waals surface area contributed by atoms with Crippen molar-refractivity contribution in [2.75, 3.05) is 22.1 Å². The molecule has 10 nitrogen and oxygen atoms in total. The maximum Gasteiger partial charge on any atom is 0.247 e. The lowest BCUT2D eigenvalue weighted by atomic mass is 10.2. The Kier molecular flexibility index (Phi) is 5.68. The summed E-state index contributed by atoms with van der Waals surface area (Å²) in [4.78, 5) is 40.0. The van der Waals surface area contributed by atoms with E-state index in [0.29, 0.717) is 41.9 Å². The number of amides is 1. The van der Waals surface area contributed by atoms with E-state index in [9.17, 15) is 14.0 Å². The number of hydrogen-bond donors (Lipinski definition) is 2. The molecule has 176 valence electrons. The highest BCUT2D eigenvalue weighted by molar-refractivity contribution is 5.97. The zero-order valence-electron chi connectivity index (χ0n) is 19.0. The average Bonchev–Trinajstić information content (AvgIpc) is 3.54. The summed E-state index contributed by atoms with van der Waals surface area (Å²) in [5.41, 5.74) is 1.86. The number of nitrogens with one attached hydrogen (secondary N) is 2. The van der Waals surface area contributed by atoms with Crippen molar-refractivity contribution in [2.24, 2.45) is 0 Å². The summed E-state index contributed by atoms with van der Waals surface area (Å²) in [7, 11) is 0. The molecule has 3 aromatic rings. The number of Topliss-reactive ketones (excluding diaryl/α,β-unsaturated/α-hetero) is 1. The highest BCUT2D eigenvalue weighted by Gasteiger charge is 2.35. The normalized spacial score (nSPS) is 17.4. The van der Waals surface area contributed by atoms with Crippen molar-refractivity contribution in [3.63, 3.8) is 0 Å². The molecule has 0 spiro atoms. The molecule has 0 saturated carbocycles. The molecule has 2 N–H and O–H groups in total. The molecule has 0 unspecified atom stereocenters. The molecule has 0 bridgehead atoms. The molecule has 11 heteroatoms. The standard InChI is InChI=1S/C23H25FN8O2/c1-13(2)32-9-7-20(30-32)28-21-16-10-15(33)11-17(16)27-23(29-21)31-8-3-4-18(31)22(34)26-14-5-6-19(24)25-12-14/h5-7,9,12-13,18H,3-4,8,10-11H2,1-2H3,(H,26,34)(H,27,28,29,30)/t18-/m0/s1. The van der Waals surface area contributed by atoms with Gasteiger partial charge in [0.1, 0.15) is 17.6 Å². The fourth-order valence-electron chi connectivity index (χ4n) is 4.30. The lowest BCUT2D eigenvalue weighted by Crippen LogP contribution is -2.40. The fourth-order valence-corrected chi connectivity index (χ4v) is 4.30. The summed E-state index contributed by atoms with van der Waals surface area (Å²) in [6.07, 6.45) is 5.09. The Balaban J connectivity index is 1.42. The Morgan fingerprint density at radius 1 is 1.21 bits per heavy atom. The van der Waals surface area contributed by atoms with Crippen molar-refractivity contribution in [3.05, 3.63) is 47.8 Å². The fraction of sp³-hybridized carbons (Fsp3) is 0.391. The van der Waals surface area contributed by atoms with Crippen molar-refractivity contribution < 1.29 is 14.0 Å². The average molecular weight is 465 g/mol. The second-order valence-corrected chi connectivity index (χ2v) is 8.80. The van der Waals surface area contributed by atoms with E-state index in [0.717, 1.165) is 12.0 Å². The molecule has 2 aliphatic rings. The van der Waals surface area contributed by atoms with E-state index >= 15 is 0 Å². The molecule has 1 aliphatic carbocycles. The number of carbonyl (C=O) groups excluding carboxylic acids is 2. The smallest absolute Gasteiger partial charge is 0.247 e. The van der Waals surface area contributed by atoms with Gasteiger partial charge in [-0.05, 0) is 38.8 Å².